The summed E-state index contributed by atoms with van der Waals surface area (Å²) in [4.78, 5) is 42.5. The van der Waals surface area contributed by atoms with Gasteiger partial charge in [-0.25, -0.2) is 14.0 Å². The predicted molar refractivity (Wildman–Crippen MR) is 144 cm³/mol. The van der Waals surface area contributed by atoms with Gasteiger partial charge in [-0.05, 0) is 61.8 Å². The van der Waals surface area contributed by atoms with Crippen molar-refractivity contribution in [1.82, 2.24) is 9.30 Å². The normalized spacial score (nSPS) is 20.4. The zero-order chi connectivity index (χ0) is 27.3. The third-order valence-electron chi connectivity index (χ3n) is 8.26. The number of aromatic nitrogens is 1. The number of carbonyl (C=O) groups is 2. The van der Waals surface area contributed by atoms with E-state index in [0.29, 0.717) is 36.4 Å². The number of ether oxygens (including phenoxy) is 2. The van der Waals surface area contributed by atoms with E-state index in [1.54, 1.807) is 17.9 Å². The van der Waals surface area contributed by atoms with Gasteiger partial charge < -0.3 is 19.3 Å². The Kier molecular flexibility index (Phi) is 6.53. The molecule has 0 spiro atoms. The average Bonchev–Trinajstić information content (AvgIpc) is 3.57. The van der Waals surface area contributed by atoms with Crippen LogP contribution < -0.4 is 10.5 Å². The Morgan fingerprint density at radius 3 is 2.56 bits per heavy atom. The first kappa shape index (κ1) is 25.4. The number of halogens is 1. The van der Waals surface area contributed by atoms with Crippen molar-refractivity contribution < 1.29 is 23.5 Å². The van der Waals surface area contributed by atoms with Gasteiger partial charge in [-0.3, -0.25) is 9.20 Å². The first-order chi connectivity index (χ1) is 18.9. The Hall–Kier alpha value is -3.88. The van der Waals surface area contributed by atoms with E-state index in [9.17, 15) is 14.4 Å². The van der Waals surface area contributed by atoms with Gasteiger partial charge in [0.15, 0.2) is 5.82 Å². The molecule has 9 heteroatoms. The molecule has 8 nitrogen and oxygen atoms in total. The smallest absolute Gasteiger partial charge is 0.410 e. The molecule has 2 aromatic heterocycles. The molecule has 3 aliphatic rings. The van der Waals surface area contributed by atoms with Crippen molar-refractivity contribution in [3.8, 4) is 0 Å². The molecule has 3 aromatic rings. The van der Waals surface area contributed by atoms with Gasteiger partial charge >= 0.3 is 12.1 Å². The summed E-state index contributed by atoms with van der Waals surface area (Å²) in [5.41, 5.74) is 2.94. The molecule has 1 amide bonds. The number of likely N-dealkylation sites (tertiary alicyclic amines) is 1. The molecule has 2 aliphatic heterocycles. The van der Waals surface area contributed by atoms with Crippen LogP contribution in [0.2, 0.25) is 0 Å². The fourth-order valence-corrected chi connectivity index (χ4v) is 6.26. The van der Waals surface area contributed by atoms with Gasteiger partial charge in [0.2, 0.25) is 0 Å². The fraction of sp³-hybridized carbons (Fsp3) is 0.433. The summed E-state index contributed by atoms with van der Waals surface area (Å²) >= 11 is 0. The highest BCUT2D eigenvalue weighted by molar-refractivity contribution is 5.90. The molecule has 204 valence electrons. The number of hydrogen-bond donors (Lipinski definition) is 0. The number of anilines is 1. The van der Waals surface area contributed by atoms with E-state index >= 15 is 4.39 Å². The summed E-state index contributed by atoms with van der Waals surface area (Å²) < 4.78 is 27.7. The Morgan fingerprint density at radius 1 is 1.08 bits per heavy atom. The number of fused-ring (bicyclic) bond motifs is 2. The molecule has 6 rings (SSSR count). The highest BCUT2D eigenvalue weighted by atomic mass is 19.1. The Bertz CT molecular complexity index is 1500. The number of rotatable bonds is 6. The van der Waals surface area contributed by atoms with Crippen molar-refractivity contribution >= 4 is 23.3 Å². The van der Waals surface area contributed by atoms with Gasteiger partial charge in [0.05, 0.1) is 30.0 Å². The lowest BCUT2D eigenvalue weighted by Crippen LogP contribution is -2.40. The molecule has 1 aliphatic carbocycles. The second-order valence-electron chi connectivity index (χ2n) is 10.7. The third kappa shape index (κ3) is 4.53. The van der Waals surface area contributed by atoms with Gasteiger partial charge in [0.25, 0.3) is 5.56 Å². The summed E-state index contributed by atoms with van der Waals surface area (Å²) in [6.07, 6.45) is 3.59. The summed E-state index contributed by atoms with van der Waals surface area (Å²) in [5.74, 6) is -0.783. The zero-order valence-corrected chi connectivity index (χ0v) is 22.2. The van der Waals surface area contributed by atoms with Crippen LogP contribution in [0.5, 0.6) is 0 Å². The van der Waals surface area contributed by atoms with Crippen molar-refractivity contribution in [2.75, 3.05) is 31.1 Å². The first-order valence-corrected chi connectivity index (χ1v) is 13.6. The van der Waals surface area contributed by atoms with E-state index < -0.39 is 17.3 Å². The minimum absolute atomic E-state index is 0.0665. The van der Waals surface area contributed by atoms with Crippen molar-refractivity contribution in [2.45, 2.75) is 51.7 Å². The molecule has 0 unspecified atom stereocenters. The van der Waals surface area contributed by atoms with Crippen LogP contribution in [-0.2, 0) is 16.1 Å². The molecular formula is C30H32FN3O5. The van der Waals surface area contributed by atoms with Crippen LogP contribution in [0, 0.1) is 18.7 Å². The Balaban J connectivity index is 1.29. The Labute approximate surface area is 225 Å². The zero-order valence-electron chi connectivity index (χ0n) is 22.2. The molecule has 2 atom stereocenters. The van der Waals surface area contributed by atoms with Crippen LogP contribution >= 0.6 is 0 Å². The van der Waals surface area contributed by atoms with E-state index in [1.807, 2.05) is 42.2 Å². The van der Waals surface area contributed by atoms with Crippen molar-refractivity contribution in [3.63, 3.8) is 0 Å². The maximum absolute atomic E-state index is 15.8. The van der Waals surface area contributed by atoms with Gasteiger partial charge in [-0.2, -0.15) is 0 Å². The molecule has 0 N–H and O–H groups in total. The van der Waals surface area contributed by atoms with Gasteiger partial charge in [-0.1, -0.05) is 30.3 Å². The number of esters is 1. The lowest BCUT2D eigenvalue weighted by Gasteiger charge is -2.27. The second-order valence-corrected chi connectivity index (χ2v) is 10.7. The lowest BCUT2D eigenvalue weighted by molar-refractivity contribution is 0.0523. The van der Waals surface area contributed by atoms with Crippen molar-refractivity contribution in [2.24, 2.45) is 5.92 Å². The van der Waals surface area contributed by atoms with Crippen LogP contribution in [0.15, 0.2) is 47.4 Å². The average molecular weight is 534 g/mol. The van der Waals surface area contributed by atoms with E-state index in [-0.39, 0.29) is 42.7 Å². The molecule has 4 heterocycles. The molecular weight excluding hydrogens is 501 g/mol. The summed E-state index contributed by atoms with van der Waals surface area (Å²) in [6.45, 7) is 5.61. The number of pyridine rings is 2. The first-order valence-electron chi connectivity index (χ1n) is 13.6. The minimum atomic E-state index is -0.687. The highest BCUT2D eigenvalue weighted by Crippen LogP contribution is 2.45. The maximum Gasteiger partial charge on any atom is 0.410 e. The highest BCUT2D eigenvalue weighted by Gasteiger charge is 2.45. The monoisotopic (exact) mass is 533 g/mol. The molecule has 1 aromatic carbocycles. The molecule has 1 saturated carbocycles. The fourth-order valence-electron chi connectivity index (χ4n) is 6.26. The predicted octanol–water partition coefficient (Wildman–Crippen LogP) is 4.65. The van der Waals surface area contributed by atoms with E-state index in [1.165, 1.54) is 10.6 Å². The SMILES string of the molecule is CCOC(=O)c1cc(C2CC2)c2c(C)c(N3C[C@H]4CCN(C(=O)OCc5ccccc5)[C@H]4C3)c(F)cn2c1=O. The van der Waals surface area contributed by atoms with E-state index in [4.69, 9.17) is 9.47 Å². The van der Waals surface area contributed by atoms with E-state index in [2.05, 4.69) is 0 Å². The summed E-state index contributed by atoms with van der Waals surface area (Å²) in [7, 11) is 0. The minimum Gasteiger partial charge on any atom is -0.462 e. The molecule has 2 saturated heterocycles. The van der Waals surface area contributed by atoms with Gasteiger partial charge in [0, 0.05) is 25.6 Å². The maximum atomic E-state index is 15.8. The largest absolute Gasteiger partial charge is 0.462 e. The van der Waals surface area contributed by atoms with Crippen LogP contribution in [0.3, 0.4) is 0 Å². The standard InChI is InChI=1S/C30H32FN3O5/c1-3-38-29(36)23-13-22(20-9-10-20)26-18(2)27(24(31)15-34(26)28(23)35)32-14-21-11-12-33(25(21)16-32)30(37)39-17-19-7-5-4-6-8-19/h4-8,13,15,20-21,25H,3,9-12,14,16-17H2,1-2H3/t21-,25+/m1/s1. The van der Waals surface area contributed by atoms with Crippen LogP contribution in [0.4, 0.5) is 14.9 Å². The summed E-state index contributed by atoms with van der Waals surface area (Å²) in [5, 5.41) is 0. The number of hydrogen-bond acceptors (Lipinski definition) is 6. The molecule has 0 bridgehead atoms. The van der Waals surface area contributed by atoms with Crippen LogP contribution in [-0.4, -0.2) is 53.6 Å². The number of benzene rings is 1. The Morgan fingerprint density at radius 2 is 1.85 bits per heavy atom. The van der Waals surface area contributed by atoms with E-state index in [0.717, 1.165) is 30.4 Å². The van der Waals surface area contributed by atoms with Crippen molar-refractivity contribution in [3.05, 3.63) is 81.0 Å². The van der Waals surface area contributed by atoms with Gasteiger partial charge in [-0.15, -0.1) is 0 Å². The number of amides is 1. The van der Waals surface area contributed by atoms with Crippen molar-refractivity contribution in [1.29, 1.82) is 0 Å². The lowest BCUT2D eigenvalue weighted by atomic mass is 10.0. The number of aryl methyl sites for hydroxylation is 1. The second kappa shape index (κ2) is 10.0. The summed E-state index contributed by atoms with van der Waals surface area (Å²) in [6, 6.07) is 11.1. The quantitative estimate of drug-likeness (QED) is 0.429. The molecule has 39 heavy (non-hydrogen) atoms. The van der Waals surface area contributed by atoms with Crippen LogP contribution in [0.1, 0.15) is 59.2 Å². The molecule has 0 radical (unpaired) electrons. The van der Waals surface area contributed by atoms with Crippen LogP contribution in [0.25, 0.3) is 5.52 Å². The number of carbonyl (C=O) groups excluding carboxylic acids is 2. The molecule has 3 fully saturated rings. The number of nitrogens with zero attached hydrogens (tertiary/aromatic N) is 3. The third-order valence-corrected chi connectivity index (χ3v) is 8.26. The van der Waals surface area contributed by atoms with Gasteiger partial charge in [0.1, 0.15) is 12.2 Å². The topological polar surface area (TPSA) is 80.6 Å².